The topological polar surface area (TPSA) is 27.7 Å². The molecule has 1 aliphatic rings. The Labute approximate surface area is 131 Å². The van der Waals surface area contributed by atoms with E-state index >= 15 is 0 Å². The van der Waals surface area contributed by atoms with E-state index in [2.05, 4.69) is 24.3 Å². The third-order valence-electron chi connectivity index (χ3n) is 3.66. The van der Waals surface area contributed by atoms with Gasteiger partial charge in [-0.1, -0.05) is 18.2 Å². The summed E-state index contributed by atoms with van der Waals surface area (Å²) in [5, 5.41) is 0. The second-order valence-corrected chi connectivity index (χ2v) is 5.21. The lowest BCUT2D eigenvalue weighted by atomic mass is 10.0. The summed E-state index contributed by atoms with van der Waals surface area (Å²) < 4.78 is 16.5. The maximum atomic E-state index is 5.68. The minimum Gasteiger partial charge on any atom is -0.497 e. The number of ether oxygens (including phenoxy) is 3. The normalized spacial score (nSPS) is 13.5. The first-order chi connectivity index (χ1) is 10.8. The zero-order valence-electron chi connectivity index (χ0n) is 12.7. The van der Waals surface area contributed by atoms with Gasteiger partial charge in [0.2, 0.25) is 0 Å². The molecule has 1 heterocycles. The Bertz CT molecular complexity index is 644. The van der Waals surface area contributed by atoms with Crippen molar-refractivity contribution in [3.8, 4) is 17.2 Å². The summed E-state index contributed by atoms with van der Waals surface area (Å²) in [7, 11) is 1.65. The third-order valence-corrected chi connectivity index (χ3v) is 3.66. The van der Waals surface area contributed by atoms with Crippen molar-refractivity contribution >= 4 is 6.08 Å². The highest BCUT2D eigenvalue weighted by atomic mass is 16.5. The van der Waals surface area contributed by atoms with Crippen LogP contribution < -0.4 is 14.2 Å². The molecule has 0 unspecified atom stereocenters. The molecule has 22 heavy (non-hydrogen) atoms. The Morgan fingerprint density at radius 2 is 1.91 bits per heavy atom. The summed E-state index contributed by atoms with van der Waals surface area (Å²) in [5.41, 5.74) is 2.44. The number of benzene rings is 2. The Kier molecular flexibility index (Phi) is 4.64. The van der Waals surface area contributed by atoms with Gasteiger partial charge in [-0.3, -0.25) is 0 Å². The quantitative estimate of drug-likeness (QED) is 0.831. The van der Waals surface area contributed by atoms with Gasteiger partial charge in [0, 0.05) is 0 Å². The van der Waals surface area contributed by atoms with Crippen LogP contribution in [0.5, 0.6) is 17.2 Å². The molecule has 2 aromatic carbocycles. The van der Waals surface area contributed by atoms with Crippen molar-refractivity contribution in [2.24, 2.45) is 0 Å². The highest BCUT2D eigenvalue weighted by molar-refractivity contribution is 5.54. The van der Waals surface area contributed by atoms with E-state index in [9.17, 15) is 0 Å². The zero-order valence-corrected chi connectivity index (χ0v) is 12.7. The molecule has 114 valence electrons. The van der Waals surface area contributed by atoms with E-state index in [0.717, 1.165) is 42.3 Å². The summed E-state index contributed by atoms with van der Waals surface area (Å²) in [5.74, 6) is 2.68. The molecule has 0 aliphatic carbocycles. The second-order valence-electron chi connectivity index (χ2n) is 5.21. The van der Waals surface area contributed by atoms with Crippen molar-refractivity contribution in [1.29, 1.82) is 0 Å². The fourth-order valence-corrected chi connectivity index (χ4v) is 2.46. The van der Waals surface area contributed by atoms with Crippen LogP contribution in [0.2, 0.25) is 0 Å². The first-order valence-electron chi connectivity index (χ1n) is 7.54. The van der Waals surface area contributed by atoms with Crippen LogP contribution in [0, 0.1) is 0 Å². The highest BCUT2D eigenvalue weighted by Gasteiger charge is 2.09. The zero-order chi connectivity index (χ0) is 15.2. The summed E-state index contributed by atoms with van der Waals surface area (Å²) >= 11 is 0. The van der Waals surface area contributed by atoms with Gasteiger partial charge in [-0.25, -0.2) is 0 Å². The molecular weight excluding hydrogens is 276 g/mol. The molecule has 0 amide bonds. The lowest BCUT2D eigenvalue weighted by Gasteiger charge is -2.17. The molecule has 3 heteroatoms. The van der Waals surface area contributed by atoms with Crippen LogP contribution in [0.1, 0.15) is 17.5 Å². The Balaban J connectivity index is 1.55. The first-order valence-corrected chi connectivity index (χ1v) is 7.54. The molecule has 3 nitrogen and oxygen atoms in total. The van der Waals surface area contributed by atoms with E-state index in [1.54, 1.807) is 7.11 Å². The molecular formula is C19H20O3. The van der Waals surface area contributed by atoms with Crippen LogP contribution in [0.3, 0.4) is 0 Å². The van der Waals surface area contributed by atoms with E-state index < -0.39 is 0 Å². The summed E-state index contributed by atoms with van der Waals surface area (Å²) in [6.07, 6.45) is 6.29. The van der Waals surface area contributed by atoms with Crippen molar-refractivity contribution < 1.29 is 14.2 Å². The van der Waals surface area contributed by atoms with Crippen LogP contribution in [0.25, 0.3) is 6.08 Å². The average Bonchev–Trinajstić information content (AvgIpc) is 2.59. The highest BCUT2D eigenvalue weighted by Crippen LogP contribution is 2.26. The minimum atomic E-state index is 0.532. The fourth-order valence-electron chi connectivity index (χ4n) is 2.46. The number of aryl methyl sites for hydroxylation is 1. The van der Waals surface area contributed by atoms with Gasteiger partial charge in [-0.2, -0.15) is 0 Å². The summed E-state index contributed by atoms with van der Waals surface area (Å²) in [6.45, 7) is 1.35. The number of methoxy groups -OCH3 is 1. The van der Waals surface area contributed by atoms with Crippen LogP contribution in [0.4, 0.5) is 0 Å². The van der Waals surface area contributed by atoms with Crippen molar-refractivity contribution in [2.45, 2.75) is 12.8 Å². The molecule has 0 saturated heterocycles. The van der Waals surface area contributed by atoms with E-state index in [1.807, 2.05) is 30.3 Å². The largest absolute Gasteiger partial charge is 0.497 e. The van der Waals surface area contributed by atoms with Crippen molar-refractivity contribution in [3.63, 3.8) is 0 Å². The Hall–Kier alpha value is -2.42. The molecule has 0 spiro atoms. The predicted molar refractivity (Wildman–Crippen MR) is 87.8 cm³/mol. The van der Waals surface area contributed by atoms with Crippen LogP contribution in [-0.4, -0.2) is 20.3 Å². The molecule has 3 rings (SSSR count). The molecule has 1 aliphatic heterocycles. The average molecular weight is 296 g/mol. The second kappa shape index (κ2) is 7.03. The fraction of sp³-hybridized carbons (Fsp3) is 0.263. The molecule has 0 atom stereocenters. The summed E-state index contributed by atoms with van der Waals surface area (Å²) in [4.78, 5) is 0. The molecule has 0 saturated carbocycles. The maximum absolute atomic E-state index is 5.68. The van der Waals surface area contributed by atoms with Crippen LogP contribution in [-0.2, 0) is 6.42 Å². The molecule has 0 N–H and O–H groups in total. The van der Waals surface area contributed by atoms with E-state index in [4.69, 9.17) is 14.2 Å². The smallest absolute Gasteiger partial charge is 0.123 e. The third kappa shape index (κ3) is 3.61. The molecule has 0 radical (unpaired) electrons. The summed E-state index contributed by atoms with van der Waals surface area (Å²) in [6, 6.07) is 14.0. The molecule has 2 aromatic rings. The first kappa shape index (κ1) is 14.5. The SMILES string of the molecule is COc1ccc(OC/C=C/c2ccc3c(c2)OCCC3)cc1. The standard InChI is InChI=1S/C19H20O3/c1-20-17-8-10-18(11-9-17)21-12-2-4-15-6-7-16-5-3-13-22-19(16)14-15/h2,4,6-11,14H,3,5,12-13H2,1H3/b4-2+. The monoisotopic (exact) mass is 296 g/mol. The predicted octanol–water partition coefficient (Wildman–Crippen LogP) is 4.11. The number of hydrogen-bond acceptors (Lipinski definition) is 3. The van der Waals surface area contributed by atoms with Crippen LogP contribution >= 0.6 is 0 Å². The van der Waals surface area contributed by atoms with Gasteiger partial charge < -0.3 is 14.2 Å². The molecule has 0 fully saturated rings. The minimum absolute atomic E-state index is 0.532. The number of hydrogen-bond donors (Lipinski definition) is 0. The van der Waals surface area contributed by atoms with E-state index in [0.29, 0.717) is 6.61 Å². The van der Waals surface area contributed by atoms with Gasteiger partial charge in [0.25, 0.3) is 0 Å². The van der Waals surface area contributed by atoms with E-state index in [-0.39, 0.29) is 0 Å². The Morgan fingerprint density at radius 1 is 1.09 bits per heavy atom. The van der Waals surface area contributed by atoms with Gasteiger partial charge in [-0.15, -0.1) is 0 Å². The van der Waals surface area contributed by atoms with Crippen molar-refractivity contribution in [1.82, 2.24) is 0 Å². The lowest BCUT2D eigenvalue weighted by molar-refractivity contribution is 0.288. The van der Waals surface area contributed by atoms with Gasteiger partial charge in [-0.05, 0) is 60.4 Å². The molecule has 0 bridgehead atoms. The lowest BCUT2D eigenvalue weighted by Crippen LogP contribution is -2.08. The number of rotatable bonds is 5. The van der Waals surface area contributed by atoms with Crippen molar-refractivity contribution in [3.05, 3.63) is 59.7 Å². The Morgan fingerprint density at radius 3 is 2.73 bits per heavy atom. The molecule has 0 aromatic heterocycles. The number of fused-ring (bicyclic) bond motifs is 1. The van der Waals surface area contributed by atoms with Gasteiger partial charge in [0.05, 0.1) is 13.7 Å². The van der Waals surface area contributed by atoms with Gasteiger partial charge in [0.15, 0.2) is 0 Å². The van der Waals surface area contributed by atoms with Crippen molar-refractivity contribution in [2.75, 3.05) is 20.3 Å². The van der Waals surface area contributed by atoms with Gasteiger partial charge in [0.1, 0.15) is 23.9 Å². The van der Waals surface area contributed by atoms with Gasteiger partial charge >= 0.3 is 0 Å². The van der Waals surface area contributed by atoms with Crippen LogP contribution in [0.15, 0.2) is 48.5 Å². The van der Waals surface area contributed by atoms with E-state index in [1.165, 1.54) is 5.56 Å². The maximum Gasteiger partial charge on any atom is 0.123 e.